The van der Waals surface area contributed by atoms with Crippen LogP contribution in [-0.4, -0.2) is 19.6 Å². The minimum Gasteiger partial charge on any atom is -0.464 e. The zero-order chi connectivity index (χ0) is 12.2. The largest absolute Gasteiger partial charge is 0.464 e. The molecule has 1 amide bonds. The maximum absolute atomic E-state index is 11.3. The molecule has 0 bridgehead atoms. The number of para-hydroxylation sites is 1. The molecule has 84 valence electrons. The summed E-state index contributed by atoms with van der Waals surface area (Å²) in [5, 5.41) is 8.75. The first-order valence-electron chi connectivity index (χ1n) is 3.88. The quantitative estimate of drug-likeness (QED) is 0.492. The van der Waals surface area contributed by atoms with E-state index in [1.54, 1.807) is 6.07 Å². The molecule has 0 saturated carbocycles. The molecule has 0 saturated heterocycles. The summed E-state index contributed by atoms with van der Waals surface area (Å²) >= 11 is 0. The molecule has 8 nitrogen and oxygen atoms in total. The third-order valence-corrected chi connectivity index (χ3v) is 2.64. The van der Waals surface area contributed by atoms with E-state index in [-0.39, 0.29) is 9.99 Å². The molecule has 0 atom stereocenters. The summed E-state index contributed by atoms with van der Waals surface area (Å²) in [5.74, 6) is 0. The Morgan fingerprint density at radius 1 is 1.38 bits per heavy atom. The SMILES string of the molecule is [N-]=[N+]=NS(=O)(=O)N(C(=O)O)c1ccccc1. The third-order valence-electron chi connectivity index (χ3n) is 1.53. The van der Waals surface area contributed by atoms with E-state index < -0.39 is 16.3 Å². The van der Waals surface area contributed by atoms with Gasteiger partial charge < -0.3 is 5.11 Å². The highest BCUT2D eigenvalue weighted by atomic mass is 32.2. The molecule has 0 aromatic heterocycles. The van der Waals surface area contributed by atoms with Crippen LogP contribution in [0.2, 0.25) is 0 Å². The van der Waals surface area contributed by atoms with E-state index in [2.05, 4.69) is 9.43 Å². The fourth-order valence-corrected chi connectivity index (χ4v) is 1.74. The van der Waals surface area contributed by atoms with E-state index in [4.69, 9.17) is 10.6 Å². The van der Waals surface area contributed by atoms with E-state index >= 15 is 0 Å². The van der Waals surface area contributed by atoms with Crippen molar-refractivity contribution >= 4 is 22.0 Å². The summed E-state index contributed by atoms with van der Waals surface area (Å²) in [7, 11) is -4.58. The Labute approximate surface area is 90.5 Å². The molecular weight excluding hydrogens is 236 g/mol. The van der Waals surface area contributed by atoms with Gasteiger partial charge in [0.2, 0.25) is 0 Å². The van der Waals surface area contributed by atoms with E-state index in [0.717, 1.165) is 0 Å². The van der Waals surface area contributed by atoms with Crippen molar-refractivity contribution in [3.8, 4) is 0 Å². The van der Waals surface area contributed by atoms with Crippen molar-refractivity contribution in [1.29, 1.82) is 0 Å². The first kappa shape index (κ1) is 11.8. The van der Waals surface area contributed by atoms with Gasteiger partial charge in [-0.1, -0.05) is 18.2 Å². The summed E-state index contributed by atoms with van der Waals surface area (Å²) < 4.78 is 25.0. The molecule has 0 unspecified atom stereocenters. The topological polar surface area (TPSA) is 123 Å². The number of anilines is 1. The molecule has 9 heteroatoms. The van der Waals surface area contributed by atoms with E-state index in [0.29, 0.717) is 0 Å². The fourth-order valence-electron chi connectivity index (χ4n) is 0.988. The van der Waals surface area contributed by atoms with Gasteiger partial charge in [0.15, 0.2) is 0 Å². The van der Waals surface area contributed by atoms with Gasteiger partial charge in [0, 0.05) is 4.91 Å². The predicted molar refractivity (Wildman–Crippen MR) is 55.0 cm³/mol. The molecule has 1 aromatic carbocycles. The Morgan fingerprint density at radius 2 is 1.94 bits per heavy atom. The van der Waals surface area contributed by atoms with Crippen molar-refractivity contribution in [2.75, 3.05) is 4.31 Å². The zero-order valence-corrected chi connectivity index (χ0v) is 8.57. The molecule has 0 spiro atoms. The second-order valence-corrected chi connectivity index (χ2v) is 3.96. The number of carboxylic acid groups (broad SMARTS) is 1. The van der Waals surface area contributed by atoms with Gasteiger partial charge in [-0.2, -0.15) is 12.7 Å². The Morgan fingerprint density at radius 3 is 2.38 bits per heavy atom. The first-order valence-corrected chi connectivity index (χ1v) is 5.28. The summed E-state index contributed by atoms with van der Waals surface area (Å²) in [4.78, 5) is 12.9. The lowest BCUT2D eigenvalue weighted by atomic mass is 10.3. The molecular formula is C7H6N4O4S. The summed E-state index contributed by atoms with van der Waals surface area (Å²) in [5.41, 5.74) is 7.92. The Bertz CT molecular complexity index is 535. The minimum absolute atomic E-state index is 0.00722. The second kappa shape index (κ2) is 4.51. The van der Waals surface area contributed by atoms with Gasteiger partial charge in [-0.25, -0.2) is 4.79 Å². The molecule has 16 heavy (non-hydrogen) atoms. The number of amides is 1. The maximum atomic E-state index is 11.3. The van der Waals surface area contributed by atoms with Gasteiger partial charge >= 0.3 is 16.3 Å². The fraction of sp³-hybridized carbons (Fsp3) is 0. The average Bonchev–Trinajstić information content (AvgIpc) is 2.17. The molecule has 0 aliphatic rings. The van der Waals surface area contributed by atoms with Gasteiger partial charge in [0.25, 0.3) is 0 Å². The molecule has 0 heterocycles. The molecule has 0 radical (unpaired) electrons. The Kier molecular flexibility index (Phi) is 3.33. The van der Waals surface area contributed by atoms with Crippen molar-refractivity contribution in [1.82, 2.24) is 0 Å². The second-order valence-electron chi connectivity index (χ2n) is 2.53. The highest BCUT2D eigenvalue weighted by Crippen LogP contribution is 2.18. The van der Waals surface area contributed by atoms with Crippen LogP contribution in [0.25, 0.3) is 10.4 Å². The van der Waals surface area contributed by atoms with Crippen molar-refractivity contribution < 1.29 is 18.3 Å². The van der Waals surface area contributed by atoms with Crippen LogP contribution in [0.3, 0.4) is 0 Å². The van der Waals surface area contributed by atoms with Crippen LogP contribution in [-0.2, 0) is 10.2 Å². The highest BCUT2D eigenvalue weighted by molar-refractivity contribution is 7.92. The van der Waals surface area contributed by atoms with Crippen molar-refractivity contribution in [3.05, 3.63) is 40.8 Å². The number of carbonyl (C=O) groups is 1. The summed E-state index contributed by atoms with van der Waals surface area (Å²) in [6.45, 7) is 0. The lowest BCUT2D eigenvalue weighted by Crippen LogP contribution is -2.33. The van der Waals surface area contributed by atoms with E-state index in [1.807, 2.05) is 0 Å². The van der Waals surface area contributed by atoms with Crippen LogP contribution in [0.15, 0.2) is 34.9 Å². The number of benzene rings is 1. The van der Waals surface area contributed by atoms with Crippen LogP contribution >= 0.6 is 0 Å². The molecule has 1 N–H and O–H groups in total. The predicted octanol–water partition coefficient (Wildman–Crippen LogP) is 1.73. The van der Waals surface area contributed by atoms with Crippen molar-refractivity contribution in [2.24, 2.45) is 4.52 Å². The number of nitrogens with zero attached hydrogens (tertiary/aromatic N) is 4. The van der Waals surface area contributed by atoms with Crippen LogP contribution in [0.5, 0.6) is 0 Å². The zero-order valence-electron chi connectivity index (χ0n) is 7.76. The molecule has 1 rings (SSSR count). The van der Waals surface area contributed by atoms with Crippen molar-refractivity contribution in [2.45, 2.75) is 0 Å². The molecule has 0 fully saturated rings. The van der Waals surface area contributed by atoms with Gasteiger partial charge in [-0.05, 0) is 17.7 Å². The lowest BCUT2D eigenvalue weighted by molar-refractivity contribution is 0.206. The number of azide groups is 1. The molecule has 0 aliphatic carbocycles. The van der Waals surface area contributed by atoms with Gasteiger partial charge in [-0.3, -0.25) is 0 Å². The van der Waals surface area contributed by atoms with Gasteiger partial charge in [-0.15, -0.1) is 0 Å². The average molecular weight is 242 g/mol. The monoisotopic (exact) mass is 242 g/mol. The van der Waals surface area contributed by atoms with Crippen molar-refractivity contribution in [3.63, 3.8) is 0 Å². The molecule has 1 aromatic rings. The van der Waals surface area contributed by atoms with E-state index in [1.165, 1.54) is 24.3 Å². The number of rotatable bonds is 3. The summed E-state index contributed by atoms with van der Waals surface area (Å²) in [6.07, 6.45) is -1.75. The maximum Gasteiger partial charge on any atom is 0.426 e. The smallest absolute Gasteiger partial charge is 0.426 e. The normalized spacial score (nSPS) is 10.2. The number of hydrogen-bond acceptors (Lipinski definition) is 3. The summed E-state index contributed by atoms with van der Waals surface area (Å²) in [6, 6.07) is 7.02. The van der Waals surface area contributed by atoms with Crippen LogP contribution in [0, 0.1) is 0 Å². The molecule has 0 aliphatic heterocycles. The highest BCUT2D eigenvalue weighted by Gasteiger charge is 2.27. The van der Waals surface area contributed by atoms with Crippen LogP contribution in [0.4, 0.5) is 10.5 Å². The third kappa shape index (κ3) is 2.41. The van der Waals surface area contributed by atoms with Gasteiger partial charge in [0.05, 0.1) is 10.2 Å². The Hall–Kier alpha value is -2.25. The van der Waals surface area contributed by atoms with Gasteiger partial charge in [0.1, 0.15) is 0 Å². The minimum atomic E-state index is -4.58. The van der Waals surface area contributed by atoms with E-state index in [9.17, 15) is 13.2 Å². The number of hydrogen-bond donors (Lipinski definition) is 1. The Balaban J connectivity index is 3.32. The van der Waals surface area contributed by atoms with Crippen LogP contribution < -0.4 is 4.31 Å². The lowest BCUT2D eigenvalue weighted by Gasteiger charge is -2.15. The standard InChI is InChI=1S/C7H6N4O4S/c8-9-10-16(14,15)11(7(12)13)6-4-2-1-3-5-6/h1-5H,(H,12,13). The first-order chi connectivity index (χ1) is 7.49. The van der Waals surface area contributed by atoms with Crippen LogP contribution in [0.1, 0.15) is 0 Å².